The van der Waals surface area contributed by atoms with E-state index in [1.54, 1.807) is 21.9 Å². The third kappa shape index (κ3) is 3.29. The molecule has 3 rings (SSSR count). The molecule has 130 valence electrons. The molecule has 0 unspecified atom stereocenters. The molecule has 0 bridgehead atoms. The lowest BCUT2D eigenvalue weighted by atomic mass is 9.95. The van der Waals surface area contributed by atoms with Crippen molar-refractivity contribution in [3.8, 4) is 0 Å². The van der Waals surface area contributed by atoms with Gasteiger partial charge in [-0.15, -0.1) is 0 Å². The largest absolute Gasteiger partial charge is 0.481 e. The third-order valence-electron chi connectivity index (χ3n) is 4.86. The van der Waals surface area contributed by atoms with Gasteiger partial charge in [0.25, 0.3) is 5.91 Å². The Kier molecular flexibility index (Phi) is 4.87. The van der Waals surface area contributed by atoms with Crippen LogP contribution in [0, 0.1) is 5.92 Å². The Bertz CT molecular complexity index is 613. The second kappa shape index (κ2) is 7.07. The van der Waals surface area contributed by atoms with Gasteiger partial charge >= 0.3 is 5.97 Å². The highest BCUT2D eigenvalue weighted by Gasteiger charge is 2.38. The smallest absolute Gasteiger partial charge is 0.308 e. The summed E-state index contributed by atoms with van der Waals surface area (Å²) in [6.07, 6.45) is 5.07. The van der Waals surface area contributed by atoms with Crippen molar-refractivity contribution < 1.29 is 23.9 Å². The molecule has 0 radical (unpaired) electrons. The van der Waals surface area contributed by atoms with Crippen molar-refractivity contribution in [1.82, 2.24) is 9.80 Å². The van der Waals surface area contributed by atoms with Gasteiger partial charge in [0.05, 0.1) is 12.2 Å². The van der Waals surface area contributed by atoms with Crippen molar-refractivity contribution in [3.63, 3.8) is 0 Å². The molecular formula is C17H22N2O5. The number of furan rings is 1. The summed E-state index contributed by atoms with van der Waals surface area (Å²) in [4.78, 5) is 39.9. The van der Waals surface area contributed by atoms with E-state index in [-0.39, 0.29) is 24.1 Å². The minimum Gasteiger partial charge on any atom is -0.481 e. The molecule has 0 aromatic carbocycles. The van der Waals surface area contributed by atoms with E-state index in [1.165, 1.54) is 6.26 Å². The minimum absolute atomic E-state index is 0.138. The SMILES string of the molecule is O=C(O)[C@H]1CCCN(C(=O)[C@@H]2CCCCN2C(=O)c2ccco2)C1. The number of likely N-dealkylation sites (tertiary alicyclic amines) is 2. The average Bonchev–Trinajstić information content (AvgIpc) is 3.15. The summed E-state index contributed by atoms with van der Waals surface area (Å²) in [5.74, 6) is -1.55. The van der Waals surface area contributed by atoms with Crippen LogP contribution in [0.25, 0.3) is 0 Å². The number of piperidine rings is 2. The van der Waals surface area contributed by atoms with E-state index in [9.17, 15) is 19.5 Å². The van der Waals surface area contributed by atoms with Gasteiger partial charge in [-0.05, 0) is 44.2 Å². The van der Waals surface area contributed by atoms with Crippen LogP contribution in [0.5, 0.6) is 0 Å². The predicted octanol–water partition coefficient (Wildman–Crippen LogP) is 1.60. The third-order valence-corrected chi connectivity index (χ3v) is 4.86. The zero-order valence-corrected chi connectivity index (χ0v) is 13.5. The molecule has 0 saturated carbocycles. The summed E-state index contributed by atoms with van der Waals surface area (Å²) in [5, 5.41) is 9.20. The fourth-order valence-corrected chi connectivity index (χ4v) is 3.56. The van der Waals surface area contributed by atoms with Crippen LogP contribution < -0.4 is 0 Å². The fraction of sp³-hybridized carbons (Fsp3) is 0.588. The van der Waals surface area contributed by atoms with E-state index < -0.39 is 17.9 Å². The highest BCUT2D eigenvalue weighted by Crippen LogP contribution is 2.24. The lowest BCUT2D eigenvalue weighted by molar-refractivity contribution is -0.147. The second-order valence-electron chi connectivity index (χ2n) is 6.45. The molecule has 0 spiro atoms. The second-order valence-corrected chi connectivity index (χ2v) is 6.45. The maximum absolute atomic E-state index is 12.9. The van der Waals surface area contributed by atoms with Crippen molar-refractivity contribution in [1.29, 1.82) is 0 Å². The van der Waals surface area contributed by atoms with Gasteiger partial charge in [0.15, 0.2) is 5.76 Å². The molecule has 7 nitrogen and oxygen atoms in total. The molecule has 7 heteroatoms. The molecule has 2 amide bonds. The monoisotopic (exact) mass is 334 g/mol. The summed E-state index contributed by atoms with van der Waals surface area (Å²) in [5.41, 5.74) is 0. The van der Waals surface area contributed by atoms with Gasteiger partial charge in [0.1, 0.15) is 6.04 Å². The zero-order chi connectivity index (χ0) is 17.1. The first kappa shape index (κ1) is 16.5. The molecule has 0 aliphatic carbocycles. The molecule has 2 aliphatic heterocycles. The molecule has 2 fully saturated rings. The molecule has 24 heavy (non-hydrogen) atoms. The first-order valence-electron chi connectivity index (χ1n) is 8.44. The Labute approximate surface area is 140 Å². The summed E-state index contributed by atoms with van der Waals surface area (Å²) in [6.45, 7) is 1.31. The van der Waals surface area contributed by atoms with Crippen molar-refractivity contribution in [2.75, 3.05) is 19.6 Å². The number of hydrogen-bond donors (Lipinski definition) is 1. The number of carboxylic acid groups (broad SMARTS) is 1. The molecule has 2 aliphatic rings. The number of carbonyl (C=O) groups excluding carboxylic acids is 2. The van der Waals surface area contributed by atoms with Gasteiger partial charge < -0.3 is 19.3 Å². The maximum atomic E-state index is 12.9. The van der Waals surface area contributed by atoms with E-state index in [0.717, 1.165) is 12.8 Å². The Morgan fingerprint density at radius 3 is 2.67 bits per heavy atom. The fourth-order valence-electron chi connectivity index (χ4n) is 3.56. The lowest BCUT2D eigenvalue weighted by Gasteiger charge is -2.39. The number of carbonyl (C=O) groups is 3. The van der Waals surface area contributed by atoms with Gasteiger partial charge in [-0.3, -0.25) is 14.4 Å². The number of aliphatic carboxylic acids is 1. The quantitative estimate of drug-likeness (QED) is 0.906. The Hall–Kier alpha value is -2.31. The summed E-state index contributed by atoms with van der Waals surface area (Å²) < 4.78 is 5.18. The topological polar surface area (TPSA) is 91.1 Å². The number of hydrogen-bond acceptors (Lipinski definition) is 4. The van der Waals surface area contributed by atoms with E-state index in [4.69, 9.17) is 4.42 Å². The summed E-state index contributed by atoms with van der Waals surface area (Å²) in [6, 6.07) is 2.72. The highest BCUT2D eigenvalue weighted by molar-refractivity contribution is 5.95. The van der Waals surface area contributed by atoms with Crippen LogP contribution in [-0.2, 0) is 9.59 Å². The Balaban J connectivity index is 1.74. The first-order chi connectivity index (χ1) is 11.6. The van der Waals surface area contributed by atoms with Crippen LogP contribution >= 0.6 is 0 Å². The van der Waals surface area contributed by atoms with E-state index in [0.29, 0.717) is 32.4 Å². The molecule has 3 heterocycles. The Morgan fingerprint density at radius 1 is 1.12 bits per heavy atom. The van der Waals surface area contributed by atoms with Gasteiger partial charge in [-0.2, -0.15) is 0 Å². The standard InChI is InChI=1S/C17H22N2O5/c20-15(18-8-3-5-12(11-18)17(22)23)13-6-1-2-9-19(13)16(21)14-7-4-10-24-14/h4,7,10,12-13H,1-3,5-6,8-9,11H2,(H,22,23)/t12-,13-/m0/s1. The van der Waals surface area contributed by atoms with Gasteiger partial charge in [0, 0.05) is 19.6 Å². The molecule has 2 atom stereocenters. The van der Waals surface area contributed by atoms with E-state index in [1.807, 2.05) is 0 Å². The Morgan fingerprint density at radius 2 is 1.96 bits per heavy atom. The van der Waals surface area contributed by atoms with Crippen molar-refractivity contribution in [2.45, 2.75) is 38.1 Å². The van der Waals surface area contributed by atoms with Crippen molar-refractivity contribution in [3.05, 3.63) is 24.2 Å². The highest BCUT2D eigenvalue weighted by atomic mass is 16.4. The summed E-state index contributed by atoms with van der Waals surface area (Å²) >= 11 is 0. The zero-order valence-electron chi connectivity index (χ0n) is 13.5. The molecule has 2 saturated heterocycles. The van der Waals surface area contributed by atoms with Crippen LogP contribution in [0.15, 0.2) is 22.8 Å². The number of nitrogens with zero attached hydrogens (tertiary/aromatic N) is 2. The minimum atomic E-state index is -0.861. The summed E-state index contributed by atoms with van der Waals surface area (Å²) in [7, 11) is 0. The van der Waals surface area contributed by atoms with Gasteiger partial charge in [-0.25, -0.2) is 0 Å². The molecule has 1 N–H and O–H groups in total. The van der Waals surface area contributed by atoms with E-state index >= 15 is 0 Å². The normalized spacial score (nSPS) is 24.7. The van der Waals surface area contributed by atoms with E-state index in [2.05, 4.69) is 0 Å². The number of amides is 2. The average molecular weight is 334 g/mol. The van der Waals surface area contributed by atoms with Crippen molar-refractivity contribution >= 4 is 17.8 Å². The first-order valence-corrected chi connectivity index (χ1v) is 8.44. The lowest BCUT2D eigenvalue weighted by Crippen LogP contribution is -2.55. The van der Waals surface area contributed by atoms with Gasteiger partial charge in [-0.1, -0.05) is 0 Å². The number of rotatable bonds is 3. The molecule has 1 aromatic heterocycles. The van der Waals surface area contributed by atoms with Gasteiger partial charge in [0.2, 0.25) is 5.91 Å². The molecule has 1 aromatic rings. The van der Waals surface area contributed by atoms with Crippen LogP contribution in [0.4, 0.5) is 0 Å². The predicted molar refractivity (Wildman–Crippen MR) is 84.3 cm³/mol. The maximum Gasteiger partial charge on any atom is 0.308 e. The van der Waals surface area contributed by atoms with Crippen LogP contribution in [0.3, 0.4) is 0 Å². The van der Waals surface area contributed by atoms with Crippen LogP contribution in [0.1, 0.15) is 42.7 Å². The van der Waals surface area contributed by atoms with Crippen LogP contribution in [-0.4, -0.2) is 58.4 Å². The van der Waals surface area contributed by atoms with Crippen LogP contribution in [0.2, 0.25) is 0 Å². The van der Waals surface area contributed by atoms with Crippen molar-refractivity contribution in [2.24, 2.45) is 5.92 Å². The molecular weight excluding hydrogens is 312 g/mol. The number of carboxylic acids is 1.